The Bertz CT molecular complexity index is 573. The second-order valence-corrected chi connectivity index (χ2v) is 8.47. The molecule has 0 unspecified atom stereocenters. The van der Waals surface area contributed by atoms with Crippen LogP contribution in [-0.4, -0.2) is 30.9 Å². The maximum atomic E-state index is 13.1. The molecule has 2 atom stereocenters. The summed E-state index contributed by atoms with van der Waals surface area (Å²) in [4.78, 5) is 11.9. The molecule has 1 N–H and O–H groups in total. The van der Waals surface area contributed by atoms with Crippen LogP contribution in [-0.2, 0) is 14.1 Å². The van der Waals surface area contributed by atoms with Gasteiger partial charge in [0.25, 0.3) is 0 Å². The molecule has 1 aromatic rings. The number of benzene rings is 1. The summed E-state index contributed by atoms with van der Waals surface area (Å²) in [6.07, 6.45) is -0.232. The van der Waals surface area contributed by atoms with E-state index < -0.39 is 19.5 Å². The summed E-state index contributed by atoms with van der Waals surface area (Å²) in [5, 5.41) is 2.80. The number of methoxy groups -OCH3 is 1. The van der Waals surface area contributed by atoms with E-state index in [0.717, 1.165) is 0 Å². The van der Waals surface area contributed by atoms with Gasteiger partial charge >= 0.3 is 13.5 Å². The summed E-state index contributed by atoms with van der Waals surface area (Å²) in [6, 6.07) is 6.11. The molecule has 1 rings (SSSR count). The monoisotopic (exact) mass is 343 g/mol. The van der Waals surface area contributed by atoms with Crippen LogP contribution >= 0.6 is 7.52 Å². The van der Waals surface area contributed by atoms with Gasteiger partial charge in [-0.25, -0.2) is 5.09 Å². The minimum absolute atomic E-state index is 0.232. The summed E-state index contributed by atoms with van der Waals surface area (Å²) < 4.78 is 29.0. The topological polar surface area (TPSA) is 73.9 Å². The Morgan fingerprint density at radius 1 is 1.13 bits per heavy atom. The molecule has 6 nitrogen and oxygen atoms in total. The van der Waals surface area contributed by atoms with E-state index in [1.165, 1.54) is 0 Å². The predicted molar refractivity (Wildman–Crippen MR) is 90.2 cm³/mol. The van der Waals surface area contributed by atoms with Crippen molar-refractivity contribution in [1.29, 1.82) is 0 Å². The predicted octanol–water partition coefficient (Wildman–Crippen LogP) is 3.61. The molecule has 0 aromatic heterocycles. The first kappa shape index (κ1) is 19.5. The zero-order valence-electron chi connectivity index (χ0n) is 14.5. The normalized spacial score (nSPS) is 15.1. The summed E-state index contributed by atoms with van der Waals surface area (Å²) in [5.41, 5.74) is -0.317. The average Bonchev–Trinajstić information content (AvgIpc) is 2.46. The van der Waals surface area contributed by atoms with Gasteiger partial charge in [-0.3, -0.25) is 9.36 Å². The van der Waals surface area contributed by atoms with Crippen molar-refractivity contribution >= 4 is 13.5 Å². The Balaban J connectivity index is 2.90. The van der Waals surface area contributed by atoms with Gasteiger partial charge in [0.05, 0.1) is 18.9 Å². The zero-order valence-corrected chi connectivity index (χ0v) is 15.4. The van der Waals surface area contributed by atoms with E-state index in [9.17, 15) is 9.36 Å². The highest BCUT2D eigenvalue weighted by Crippen LogP contribution is 2.48. The minimum atomic E-state index is -3.30. The molecule has 1 aromatic carbocycles. The quantitative estimate of drug-likeness (QED) is 0.574. The summed E-state index contributed by atoms with van der Waals surface area (Å²) in [7, 11) is -1.76. The van der Waals surface area contributed by atoms with Gasteiger partial charge in [0.2, 0.25) is 0 Å². The standard InChI is InChI=1S/C16H26NO5P/c1-11(2)21-16(18)13(5)17-23(19,12(3)4)22-15-9-7-8-14(10-15)20-6/h7-13H,1-6H3,(H,17,19)/t13-,23-/m0/s1. The van der Waals surface area contributed by atoms with E-state index >= 15 is 0 Å². The molecule has 0 bridgehead atoms. The maximum absolute atomic E-state index is 13.1. The van der Waals surface area contributed by atoms with Crippen molar-refractivity contribution in [2.45, 2.75) is 52.4 Å². The largest absolute Gasteiger partial charge is 0.497 e. The molecule has 0 aliphatic heterocycles. The van der Waals surface area contributed by atoms with Crippen LogP contribution in [0.1, 0.15) is 34.6 Å². The molecule has 7 heteroatoms. The molecular formula is C16H26NO5P. The van der Waals surface area contributed by atoms with Gasteiger partial charge < -0.3 is 14.0 Å². The van der Waals surface area contributed by atoms with Crippen LogP contribution in [0, 0.1) is 0 Å². The average molecular weight is 343 g/mol. The number of hydrogen-bond donors (Lipinski definition) is 1. The lowest BCUT2D eigenvalue weighted by molar-refractivity contribution is -0.149. The van der Waals surface area contributed by atoms with E-state index in [-0.39, 0.29) is 11.8 Å². The Kier molecular flexibility index (Phi) is 7.10. The van der Waals surface area contributed by atoms with Crippen LogP contribution in [0.15, 0.2) is 24.3 Å². The first-order valence-corrected chi connectivity index (χ1v) is 9.29. The maximum Gasteiger partial charge on any atom is 0.323 e. The number of esters is 1. The molecule has 0 saturated carbocycles. The molecule has 0 radical (unpaired) electrons. The minimum Gasteiger partial charge on any atom is -0.497 e. The number of rotatable bonds is 8. The Morgan fingerprint density at radius 3 is 2.26 bits per heavy atom. The third-order valence-corrected chi connectivity index (χ3v) is 5.63. The van der Waals surface area contributed by atoms with Gasteiger partial charge in [0.15, 0.2) is 0 Å². The molecule has 0 amide bonds. The van der Waals surface area contributed by atoms with Crippen molar-refractivity contribution in [1.82, 2.24) is 5.09 Å². The second kappa shape index (κ2) is 8.37. The molecular weight excluding hydrogens is 317 g/mol. The molecule has 0 heterocycles. The van der Waals surface area contributed by atoms with Crippen molar-refractivity contribution < 1.29 is 23.4 Å². The van der Waals surface area contributed by atoms with Crippen LogP contribution in [0.25, 0.3) is 0 Å². The Morgan fingerprint density at radius 2 is 1.74 bits per heavy atom. The van der Waals surface area contributed by atoms with Gasteiger partial charge in [-0.1, -0.05) is 19.9 Å². The highest BCUT2D eigenvalue weighted by atomic mass is 31.2. The van der Waals surface area contributed by atoms with Crippen LogP contribution in [0.4, 0.5) is 0 Å². The lowest BCUT2D eigenvalue weighted by atomic mass is 10.3. The van der Waals surface area contributed by atoms with Crippen molar-refractivity contribution in [2.75, 3.05) is 7.11 Å². The van der Waals surface area contributed by atoms with Crippen molar-refractivity contribution in [3.8, 4) is 11.5 Å². The van der Waals surface area contributed by atoms with Crippen molar-refractivity contribution in [3.63, 3.8) is 0 Å². The van der Waals surface area contributed by atoms with E-state index in [2.05, 4.69) is 5.09 Å². The molecule has 0 aliphatic carbocycles. The summed E-state index contributed by atoms with van der Waals surface area (Å²) in [5.74, 6) is 0.554. The van der Waals surface area contributed by atoms with Gasteiger partial charge in [0, 0.05) is 6.07 Å². The first-order chi connectivity index (χ1) is 10.7. The Labute approximate surface area is 138 Å². The number of hydrogen-bond acceptors (Lipinski definition) is 5. The lowest BCUT2D eigenvalue weighted by Gasteiger charge is -2.26. The third kappa shape index (κ3) is 5.88. The van der Waals surface area contributed by atoms with Gasteiger partial charge in [-0.2, -0.15) is 0 Å². The van der Waals surface area contributed by atoms with Crippen LogP contribution in [0.5, 0.6) is 11.5 Å². The number of nitrogens with one attached hydrogen (secondary N) is 1. The fraction of sp³-hybridized carbons (Fsp3) is 0.562. The second-order valence-electron chi connectivity index (χ2n) is 5.80. The highest BCUT2D eigenvalue weighted by Gasteiger charge is 2.34. The van der Waals surface area contributed by atoms with Crippen LogP contribution < -0.4 is 14.3 Å². The van der Waals surface area contributed by atoms with Crippen LogP contribution in [0.2, 0.25) is 0 Å². The molecule has 0 saturated heterocycles. The van der Waals surface area contributed by atoms with Gasteiger partial charge in [-0.15, -0.1) is 0 Å². The highest BCUT2D eigenvalue weighted by molar-refractivity contribution is 7.58. The molecule has 0 fully saturated rings. The van der Waals surface area contributed by atoms with Gasteiger partial charge in [0.1, 0.15) is 17.5 Å². The third-order valence-electron chi connectivity index (χ3n) is 3.04. The Hall–Kier alpha value is -1.52. The van der Waals surface area contributed by atoms with Gasteiger partial charge in [-0.05, 0) is 32.9 Å². The van der Waals surface area contributed by atoms with Crippen molar-refractivity contribution in [2.24, 2.45) is 0 Å². The number of ether oxygens (including phenoxy) is 2. The fourth-order valence-corrected chi connectivity index (χ4v) is 3.39. The molecule has 130 valence electrons. The smallest absolute Gasteiger partial charge is 0.323 e. The first-order valence-electron chi connectivity index (χ1n) is 7.59. The summed E-state index contributed by atoms with van der Waals surface area (Å²) >= 11 is 0. The van der Waals surface area contributed by atoms with E-state index in [4.69, 9.17) is 14.0 Å². The summed E-state index contributed by atoms with van der Waals surface area (Å²) in [6.45, 7) is 8.68. The van der Waals surface area contributed by atoms with Crippen molar-refractivity contribution in [3.05, 3.63) is 24.3 Å². The molecule has 0 aliphatic rings. The van der Waals surface area contributed by atoms with E-state index in [1.807, 2.05) is 0 Å². The van der Waals surface area contributed by atoms with E-state index in [1.54, 1.807) is 66.0 Å². The molecule has 0 spiro atoms. The number of carbonyl (C=O) groups is 1. The molecule has 23 heavy (non-hydrogen) atoms. The number of carbonyl (C=O) groups excluding carboxylic acids is 1. The lowest BCUT2D eigenvalue weighted by Crippen LogP contribution is -2.37. The van der Waals surface area contributed by atoms with E-state index in [0.29, 0.717) is 11.5 Å². The SMILES string of the molecule is COc1cccc(O[P@](=O)(N[C@@H](C)C(=O)OC(C)C)C(C)C)c1. The fourth-order valence-electron chi connectivity index (χ4n) is 1.75. The zero-order chi connectivity index (χ0) is 17.6. The van der Waals surface area contributed by atoms with Crippen LogP contribution in [0.3, 0.4) is 0 Å².